The molecule has 38 heavy (non-hydrogen) atoms. The highest BCUT2D eigenvalue weighted by Crippen LogP contribution is 2.28. The molecule has 7 nitrogen and oxygen atoms in total. The van der Waals surface area contributed by atoms with Crippen molar-refractivity contribution in [1.29, 1.82) is 0 Å². The second-order valence-corrected chi connectivity index (χ2v) is 11.7. The van der Waals surface area contributed by atoms with Gasteiger partial charge in [0.05, 0.1) is 11.9 Å². The Morgan fingerprint density at radius 2 is 1.66 bits per heavy atom. The average Bonchev–Trinajstić information content (AvgIpc) is 2.84. The first-order valence-electron chi connectivity index (χ1n) is 12.3. The molecule has 2 aromatic carbocycles. The first-order chi connectivity index (χ1) is 17.8. The molecular weight excluding hydrogens is 559 g/mol. The number of hydrogen-bond acceptors (Lipinski definition) is 4. The maximum Gasteiger partial charge on any atom is 0.243 e. The summed E-state index contributed by atoms with van der Waals surface area (Å²) in [5.74, 6) is -3.02. The average molecular weight is 593 g/mol. The number of rotatable bonds is 13. The monoisotopic (exact) mass is 591 g/mol. The maximum atomic E-state index is 13.8. The topological polar surface area (TPSA) is 86.8 Å². The third-order valence-electron chi connectivity index (χ3n) is 6.12. The molecule has 0 bridgehead atoms. The van der Waals surface area contributed by atoms with Crippen molar-refractivity contribution in [2.45, 2.75) is 65.1 Å². The Balaban J connectivity index is 2.30. The summed E-state index contributed by atoms with van der Waals surface area (Å²) in [6, 6.07) is 6.80. The first kappa shape index (κ1) is 31.8. The predicted octanol–water partition coefficient (Wildman–Crippen LogP) is 5.54. The molecule has 2 aromatic rings. The van der Waals surface area contributed by atoms with Gasteiger partial charge in [0.2, 0.25) is 21.8 Å². The summed E-state index contributed by atoms with van der Waals surface area (Å²) in [6.07, 6.45) is 1.90. The Morgan fingerprint density at radius 1 is 1.03 bits per heavy atom. The zero-order valence-corrected chi connectivity index (χ0v) is 24.1. The molecule has 2 atom stereocenters. The number of nitrogens with one attached hydrogen (secondary N) is 1. The van der Waals surface area contributed by atoms with Gasteiger partial charge in [0, 0.05) is 47.2 Å². The number of benzene rings is 2. The van der Waals surface area contributed by atoms with E-state index in [4.69, 9.17) is 23.2 Å². The Hall–Kier alpha value is -2.43. The lowest BCUT2D eigenvalue weighted by Crippen LogP contribution is -2.50. The van der Waals surface area contributed by atoms with Crippen LogP contribution in [0.3, 0.4) is 0 Å². The van der Waals surface area contributed by atoms with Gasteiger partial charge in [0.1, 0.15) is 6.04 Å². The fourth-order valence-electron chi connectivity index (χ4n) is 3.86. The molecular formula is C26H33Cl2F2N3O4S. The van der Waals surface area contributed by atoms with Crippen molar-refractivity contribution < 1.29 is 26.8 Å². The van der Waals surface area contributed by atoms with Gasteiger partial charge in [-0.3, -0.25) is 13.9 Å². The zero-order valence-electron chi connectivity index (χ0n) is 21.8. The lowest BCUT2D eigenvalue weighted by atomic mass is 10.1. The Labute approximate surface area is 233 Å². The summed E-state index contributed by atoms with van der Waals surface area (Å²) in [5, 5.41) is 3.59. The molecule has 12 heteroatoms. The normalized spacial score (nSPS) is 13.1. The molecule has 0 aliphatic rings. The number of sulfonamides is 1. The van der Waals surface area contributed by atoms with E-state index in [0.29, 0.717) is 28.5 Å². The molecule has 0 saturated heterocycles. The van der Waals surface area contributed by atoms with E-state index in [-0.39, 0.29) is 43.6 Å². The van der Waals surface area contributed by atoms with Gasteiger partial charge in [-0.2, -0.15) is 0 Å². The highest BCUT2D eigenvalue weighted by Gasteiger charge is 2.30. The molecule has 2 unspecified atom stereocenters. The van der Waals surface area contributed by atoms with Crippen LogP contribution in [0.2, 0.25) is 10.0 Å². The lowest BCUT2D eigenvalue weighted by Gasteiger charge is -2.32. The number of halogens is 4. The van der Waals surface area contributed by atoms with Gasteiger partial charge >= 0.3 is 0 Å². The quantitative estimate of drug-likeness (QED) is 0.331. The van der Waals surface area contributed by atoms with Crippen LogP contribution in [0.1, 0.15) is 52.0 Å². The zero-order chi connectivity index (χ0) is 28.6. The van der Waals surface area contributed by atoms with Gasteiger partial charge in [-0.25, -0.2) is 17.2 Å². The summed E-state index contributed by atoms with van der Waals surface area (Å²) in [6.45, 7) is 5.39. The SMILES string of the molecule is CCC(C)NC(=O)C(CC)N(Cc1c(Cl)cccc1Cl)C(=O)CCCN(c1ccc(F)c(F)c1)S(C)(=O)=O. The van der Waals surface area contributed by atoms with Crippen LogP contribution in [0.15, 0.2) is 36.4 Å². The van der Waals surface area contributed by atoms with Crippen LogP contribution in [-0.4, -0.2) is 50.0 Å². The van der Waals surface area contributed by atoms with E-state index >= 15 is 0 Å². The van der Waals surface area contributed by atoms with Gasteiger partial charge in [-0.1, -0.05) is 43.1 Å². The summed E-state index contributed by atoms with van der Waals surface area (Å²) in [4.78, 5) is 28.0. The minimum Gasteiger partial charge on any atom is -0.352 e. The lowest BCUT2D eigenvalue weighted by molar-refractivity contribution is -0.141. The summed E-state index contributed by atoms with van der Waals surface area (Å²) >= 11 is 12.7. The molecule has 1 N–H and O–H groups in total. The summed E-state index contributed by atoms with van der Waals surface area (Å²) < 4.78 is 52.8. The van der Waals surface area contributed by atoms with E-state index in [9.17, 15) is 26.8 Å². The molecule has 0 saturated carbocycles. The molecule has 0 aliphatic carbocycles. The van der Waals surface area contributed by atoms with Crippen LogP contribution in [0, 0.1) is 11.6 Å². The summed E-state index contributed by atoms with van der Waals surface area (Å²) in [5.41, 5.74) is 0.427. The van der Waals surface area contributed by atoms with Crippen LogP contribution in [-0.2, 0) is 26.2 Å². The molecule has 0 aromatic heterocycles. The van der Waals surface area contributed by atoms with Gasteiger partial charge in [0.25, 0.3) is 0 Å². The Bertz CT molecular complexity index is 1230. The highest BCUT2D eigenvalue weighted by atomic mass is 35.5. The van der Waals surface area contributed by atoms with E-state index in [1.54, 1.807) is 25.1 Å². The molecule has 2 amide bonds. The number of carbonyl (C=O) groups excluding carboxylic acids is 2. The molecule has 0 heterocycles. The van der Waals surface area contributed by atoms with Gasteiger partial charge < -0.3 is 10.2 Å². The number of anilines is 1. The molecule has 0 fully saturated rings. The predicted molar refractivity (Wildman–Crippen MR) is 147 cm³/mol. The van der Waals surface area contributed by atoms with E-state index in [1.807, 2.05) is 13.8 Å². The van der Waals surface area contributed by atoms with E-state index in [1.165, 1.54) is 4.90 Å². The van der Waals surface area contributed by atoms with Gasteiger partial charge in [-0.05, 0) is 50.5 Å². The van der Waals surface area contributed by atoms with Crippen molar-refractivity contribution >= 4 is 50.7 Å². The molecule has 0 spiro atoms. The maximum absolute atomic E-state index is 13.8. The van der Waals surface area contributed by atoms with Crippen LogP contribution in [0.25, 0.3) is 0 Å². The Kier molecular flexibility index (Phi) is 11.8. The second kappa shape index (κ2) is 14.1. The van der Waals surface area contributed by atoms with Crippen molar-refractivity contribution in [3.63, 3.8) is 0 Å². The molecule has 0 radical (unpaired) electrons. The largest absolute Gasteiger partial charge is 0.352 e. The number of nitrogens with zero attached hydrogens (tertiary/aromatic N) is 2. The van der Waals surface area contributed by atoms with Crippen molar-refractivity contribution in [1.82, 2.24) is 10.2 Å². The summed E-state index contributed by atoms with van der Waals surface area (Å²) in [7, 11) is -3.86. The Morgan fingerprint density at radius 3 is 2.18 bits per heavy atom. The second-order valence-electron chi connectivity index (χ2n) is 9.00. The van der Waals surface area contributed by atoms with Gasteiger partial charge in [0.15, 0.2) is 11.6 Å². The third kappa shape index (κ3) is 8.54. The first-order valence-corrected chi connectivity index (χ1v) is 14.9. The van der Waals surface area contributed by atoms with E-state index < -0.39 is 33.6 Å². The van der Waals surface area contributed by atoms with E-state index in [2.05, 4.69) is 5.32 Å². The molecule has 210 valence electrons. The van der Waals surface area contributed by atoms with Crippen molar-refractivity contribution in [3.05, 3.63) is 63.6 Å². The smallest absolute Gasteiger partial charge is 0.243 e. The van der Waals surface area contributed by atoms with Gasteiger partial charge in [-0.15, -0.1) is 0 Å². The minimum absolute atomic E-state index is 0.0251. The number of hydrogen-bond donors (Lipinski definition) is 1. The van der Waals surface area contributed by atoms with E-state index in [0.717, 1.165) is 28.8 Å². The minimum atomic E-state index is -3.86. The number of amides is 2. The highest BCUT2D eigenvalue weighted by molar-refractivity contribution is 7.92. The van der Waals surface area contributed by atoms with Crippen molar-refractivity contribution in [3.8, 4) is 0 Å². The fraction of sp³-hybridized carbons (Fsp3) is 0.462. The molecule has 2 rings (SSSR count). The van der Waals surface area contributed by atoms with Crippen LogP contribution >= 0.6 is 23.2 Å². The van der Waals surface area contributed by atoms with Crippen LogP contribution in [0.5, 0.6) is 0 Å². The van der Waals surface area contributed by atoms with Crippen LogP contribution < -0.4 is 9.62 Å². The fourth-order valence-corrected chi connectivity index (χ4v) is 5.33. The van der Waals surface area contributed by atoms with Crippen molar-refractivity contribution in [2.24, 2.45) is 0 Å². The molecule has 0 aliphatic heterocycles. The third-order valence-corrected chi connectivity index (χ3v) is 8.02. The van der Waals surface area contributed by atoms with Crippen LogP contribution in [0.4, 0.5) is 14.5 Å². The van der Waals surface area contributed by atoms with Crippen molar-refractivity contribution in [2.75, 3.05) is 17.1 Å². The standard InChI is InChI=1S/C26H33Cl2F2N3O4S/c1-5-17(3)31-26(35)24(6-2)32(16-19-20(27)9-7-10-21(19)28)25(34)11-8-14-33(38(4,36)37)18-12-13-22(29)23(30)15-18/h7,9-10,12-13,15,17,24H,5-6,8,11,14,16H2,1-4H3,(H,31,35). The number of carbonyl (C=O) groups is 2.